The number of carbonyl (C=O) groups is 2. The summed E-state index contributed by atoms with van der Waals surface area (Å²) < 4.78 is 0. The molecule has 0 bridgehead atoms. The predicted octanol–water partition coefficient (Wildman–Crippen LogP) is 0.761. The highest BCUT2D eigenvalue weighted by atomic mass is 16.3. The lowest BCUT2D eigenvalue weighted by atomic mass is 10.0. The van der Waals surface area contributed by atoms with E-state index in [1.165, 1.54) is 25.7 Å². The first-order valence-corrected chi connectivity index (χ1v) is 7.91. The second kappa shape index (κ2) is 5.72. The van der Waals surface area contributed by atoms with E-state index in [-0.39, 0.29) is 23.8 Å². The summed E-state index contributed by atoms with van der Waals surface area (Å²) in [6.07, 6.45) is 7.12. The van der Waals surface area contributed by atoms with Gasteiger partial charge in [-0.2, -0.15) is 0 Å². The summed E-state index contributed by atoms with van der Waals surface area (Å²) >= 11 is 0. The number of nitrogens with zero attached hydrogens (tertiary/aromatic N) is 2. The van der Waals surface area contributed by atoms with Crippen LogP contribution in [0.15, 0.2) is 0 Å². The van der Waals surface area contributed by atoms with Crippen LogP contribution in [0.1, 0.15) is 44.9 Å². The third kappa shape index (κ3) is 2.68. The summed E-state index contributed by atoms with van der Waals surface area (Å²) in [5.74, 6) is 0.0225. The highest BCUT2D eigenvalue weighted by Crippen LogP contribution is 2.29. The minimum absolute atomic E-state index is 0.0553. The molecule has 1 N–H and O–H groups in total. The average Bonchev–Trinajstić information content (AvgIpc) is 2.63. The van der Waals surface area contributed by atoms with E-state index in [2.05, 4.69) is 0 Å². The van der Waals surface area contributed by atoms with Crippen molar-refractivity contribution in [1.29, 1.82) is 0 Å². The molecule has 0 spiro atoms. The van der Waals surface area contributed by atoms with E-state index in [1.807, 2.05) is 4.90 Å². The molecule has 1 saturated carbocycles. The van der Waals surface area contributed by atoms with Crippen molar-refractivity contribution >= 4 is 11.8 Å². The van der Waals surface area contributed by atoms with Crippen molar-refractivity contribution < 1.29 is 14.7 Å². The van der Waals surface area contributed by atoms with E-state index in [4.69, 9.17) is 0 Å². The molecule has 5 nitrogen and oxygen atoms in total. The van der Waals surface area contributed by atoms with Crippen LogP contribution in [-0.2, 0) is 9.59 Å². The first-order chi connectivity index (χ1) is 9.65. The maximum atomic E-state index is 12.3. The molecule has 1 aliphatic carbocycles. The van der Waals surface area contributed by atoms with Crippen molar-refractivity contribution in [1.82, 2.24) is 9.80 Å². The van der Waals surface area contributed by atoms with Crippen LogP contribution in [0.3, 0.4) is 0 Å². The number of β-amino-alcohol motifs (C(OH)–C–C–N with tert-alkyl or cyclic N) is 1. The van der Waals surface area contributed by atoms with Crippen LogP contribution in [0.2, 0.25) is 0 Å². The van der Waals surface area contributed by atoms with Crippen molar-refractivity contribution in [2.45, 2.75) is 57.1 Å². The zero-order valence-corrected chi connectivity index (χ0v) is 12.0. The quantitative estimate of drug-likeness (QED) is 0.760. The Morgan fingerprint density at radius 2 is 1.70 bits per heavy atom. The molecule has 3 aliphatic rings. The van der Waals surface area contributed by atoms with Crippen LogP contribution in [0, 0.1) is 5.92 Å². The normalized spacial score (nSPS) is 29.4. The minimum atomic E-state index is -0.367. The molecule has 1 atom stereocenters. The van der Waals surface area contributed by atoms with Gasteiger partial charge in [-0.1, -0.05) is 25.7 Å². The van der Waals surface area contributed by atoms with E-state index in [0.29, 0.717) is 32.1 Å². The topological polar surface area (TPSA) is 60.9 Å². The molecule has 20 heavy (non-hydrogen) atoms. The summed E-state index contributed by atoms with van der Waals surface area (Å²) in [6, 6.07) is 0.352. The Hall–Kier alpha value is -1.10. The van der Waals surface area contributed by atoms with Crippen LogP contribution < -0.4 is 0 Å². The fourth-order valence-electron chi connectivity index (χ4n) is 3.71. The van der Waals surface area contributed by atoms with Crippen LogP contribution in [0.4, 0.5) is 0 Å². The van der Waals surface area contributed by atoms with Crippen molar-refractivity contribution in [3.8, 4) is 0 Å². The van der Waals surface area contributed by atoms with E-state index in [0.717, 1.165) is 12.8 Å². The lowest BCUT2D eigenvalue weighted by Gasteiger charge is -2.37. The first kappa shape index (κ1) is 13.9. The van der Waals surface area contributed by atoms with Gasteiger partial charge >= 0.3 is 0 Å². The molecule has 2 aliphatic heterocycles. The Balaban J connectivity index is 1.58. The molecule has 0 radical (unpaired) electrons. The highest BCUT2D eigenvalue weighted by molar-refractivity contribution is 5.89. The number of hydrogen-bond acceptors (Lipinski definition) is 3. The number of amides is 2. The van der Waals surface area contributed by atoms with E-state index in [9.17, 15) is 14.7 Å². The fourth-order valence-corrected chi connectivity index (χ4v) is 3.71. The van der Waals surface area contributed by atoms with Gasteiger partial charge in [-0.25, -0.2) is 0 Å². The van der Waals surface area contributed by atoms with Gasteiger partial charge in [0.15, 0.2) is 0 Å². The monoisotopic (exact) mass is 280 g/mol. The van der Waals surface area contributed by atoms with Crippen LogP contribution in [-0.4, -0.2) is 58.5 Å². The summed E-state index contributed by atoms with van der Waals surface area (Å²) in [7, 11) is 0. The second-order valence-corrected chi connectivity index (χ2v) is 6.49. The lowest BCUT2D eigenvalue weighted by molar-refractivity contribution is -0.145. The van der Waals surface area contributed by atoms with Gasteiger partial charge in [-0.05, 0) is 12.8 Å². The summed E-state index contributed by atoms with van der Waals surface area (Å²) in [6.45, 7) is 1.47. The van der Waals surface area contributed by atoms with Gasteiger partial charge in [0.2, 0.25) is 11.8 Å². The molecule has 0 aromatic rings. The molecule has 2 saturated heterocycles. The maximum Gasteiger partial charge on any atom is 0.228 e. The smallest absolute Gasteiger partial charge is 0.228 e. The second-order valence-electron chi connectivity index (χ2n) is 6.49. The standard InChI is InChI=1S/C15H24N2O3/c18-13-9-16(10-13)15(20)11-7-14(19)17(8-11)12-5-3-1-2-4-6-12/h11-13,18H,1-10H2. The molecule has 112 valence electrons. The molecule has 5 heteroatoms. The van der Waals surface area contributed by atoms with Crippen LogP contribution in [0.25, 0.3) is 0 Å². The third-order valence-electron chi connectivity index (χ3n) is 4.95. The average molecular weight is 280 g/mol. The Bertz CT molecular complexity index is 385. The molecular formula is C15H24N2O3. The van der Waals surface area contributed by atoms with Gasteiger partial charge in [0, 0.05) is 32.1 Å². The van der Waals surface area contributed by atoms with Crippen molar-refractivity contribution in [2.75, 3.05) is 19.6 Å². The number of rotatable bonds is 2. The van der Waals surface area contributed by atoms with Crippen molar-refractivity contribution in [3.63, 3.8) is 0 Å². The van der Waals surface area contributed by atoms with Crippen molar-refractivity contribution in [3.05, 3.63) is 0 Å². The largest absolute Gasteiger partial charge is 0.389 e. The summed E-state index contributed by atoms with van der Waals surface area (Å²) in [5, 5.41) is 9.28. The number of hydrogen-bond donors (Lipinski definition) is 1. The highest BCUT2D eigenvalue weighted by Gasteiger charge is 2.41. The SMILES string of the molecule is O=C(C1CC(=O)N(C2CCCCCC2)C1)N1CC(O)C1. The van der Waals surface area contributed by atoms with E-state index in [1.54, 1.807) is 4.90 Å². The molecule has 3 rings (SSSR count). The van der Waals surface area contributed by atoms with Crippen LogP contribution >= 0.6 is 0 Å². The molecule has 1 unspecified atom stereocenters. The molecule has 3 fully saturated rings. The van der Waals surface area contributed by atoms with Crippen LogP contribution in [0.5, 0.6) is 0 Å². The number of aliphatic hydroxyl groups is 1. The number of aliphatic hydroxyl groups excluding tert-OH is 1. The molecular weight excluding hydrogens is 256 g/mol. The van der Waals surface area contributed by atoms with Gasteiger partial charge in [0.25, 0.3) is 0 Å². The van der Waals surface area contributed by atoms with Gasteiger partial charge in [-0.3, -0.25) is 9.59 Å². The zero-order chi connectivity index (χ0) is 14.1. The van der Waals surface area contributed by atoms with Gasteiger partial charge < -0.3 is 14.9 Å². The summed E-state index contributed by atoms with van der Waals surface area (Å²) in [5.41, 5.74) is 0. The van der Waals surface area contributed by atoms with Gasteiger partial charge in [0.05, 0.1) is 12.0 Å². The molecule has 0 aromatic heterocycles. The summed E-state index contributed by atoms with van der Waals surface area (Å²) in [4.78, 5) is 28.1. The Morgan fingerprint density at radius 3 is 2.30 bits per heavy atom. The van der Waals surface area contributed by atoms with Gasteiger partial charge in [-0.15, -0.1) is 0 Å². The zero-order valence-electron chi connectivity index (χ0n) is 12.0. The first-order valence-electron chi connectivity index (χ1n) is 7.91. The number of likely N-dealkylation sites (tertiary alicyclic amines) is 2. The predicted molar refractivity (Wildman–Crippen MR) is 73.9 cm³/mol. The third-order valence-corrected chi connectivity index (χ3v) is 4.95. The van der Waals surface area contributed by atoms with E-state index < -0.39 is 0 Å². The van der Waals surface area contributed by atoms with E-state index >= 15 is 0 Å². The maximum absolute atomic E-state index is 12.3. The van der Waals surface area contributed by atoms with Gasteiger partial charge in [0.1, 0.15) is 0 Å². The van der Waals surface area contributed by atoms with Crippen molar-refractivity contribution in [2.24, 2.45) is 5.92 Å². The molecule has 2 amide bonds. The Kier molecular flexibility index (Phi) is 3.96. The number of carbonyl (C=O) groups excluding carboxylic acids is 2. The molecule has 0 aromatic carbocycles. The minimum Gasteiger partial charge on any atom is -0.389 e. The Morgan fingerprint density at radius 1 is 1.05 bits per heavy atom. The lowest BCUT2D eigenvalue weighted by Crippen LogP contribution is -2.55. The Labute approximate surface area is 119 Å². The fraction of sp³-hybridized carbons (Fsp3) is 0.867. The molecule has 2 heterocycles.